The predicted molar refractivity (Wildman–Crippen MR) is 69.2 cm³/mol. The van der Waals surface area contributed by atoms with Gasteiger partial charge in [0.25, 0.3) is 11.6 Å². The number of hydrogen-bond donors (Lipinski definition) is 2. The molecule has 1 amide bonds. The lowest BCUT2D eigenvalue weighted by molar-refractivity contribution is -0.385. The summed E-state index contributed by atoms with van der Waals surface area (Å²) in [4.78, 5) is 25.3. The zero-order valence-corrected chi connectivity index (χ0v) is 10.9. The summed E-state index contributed by atoms with van der Waals surface area (Å²) in [5, 5.41) is 21.7. The topological polar surface area (TPSA) is 105 Å². The van der Waals surface area contributed by atoms with Crippen LogP contribution in [0.2, 0.25) is 5.15 Å². The minimum absolute atomic E-state index is 0.0157. The molecule has 0 saturated heterocycles. The van der Waals surface area contributed by atoms with E-state index in [0.717, 1.165) is 18.7 Å². The summed E-state index contributed by atoms with van der Waals surface area (Å²) in [6, 6.07) is 1.10. The number of halogens is 1. The van der Waals surface area contributed by atoms with Crippen LogP contribution in [0.1, 0.15) is 29.6 Å². The number of aromatic nitrogens is 1. The van der Waals surface area contributed by atoms with E-state index in [1.807, 2.05) is 0 Å². The molecule has 0 aliphatic rings. The van der Waals surface area contributed by atoms with Crippen molar-refractivity contribution in [2.75, 3.05) is 13.2 Å². The number of amides is 1. The van der Waals surface area contributed by atoms with Crippen molar-refractivity contribution in [1.82, 2.24) is 10.3 Å². The summed E-state index contributed by atoms with van der Waals surface area (Å²) in [5.74, 6) is -0.495. The Kier molecular flexibility index (Phi) is 6.17. The summed E-state index contributed by atoms with van der Waals surface area (Å²) in [6.45, 7) is 0.534. The van der Waals surface area contributed by atoms with Crippen molar-refractivity contribution in [3.63, 3.8) is 0 Å². The Morgan fingerprint density at radius 1 is 1.47 bits per heavy atom. The van der Waals surface area contributed by atoms with Crippen molar-refractivity contribution < 1.29 is 14.8 Å². The molecular formula is C11H14ClN3O4. The summed E-state index contributed by atoms with van der Waals surface area (Å²) in [7, 11) is 0. The Morgan fingerprint density at radius 2 is 2.21 bits per heavy atom. The second-order valence-electron chi connectivity index (χ2n) is 3.83. The molecule has 1 rings (SSSR count). The molecule has 1 aromatic heterocycles. The molecule has 1 aromatic rings. The quantitative estimate of drug-likeness (QED) is 0.342. The van der Waals surface area contributed by atoms with E-state index < -0.39 is 10.8 Å². The summed E-state index contributed by atoms with van der Waals surface area (Å²) < 4.78 is 0. The number of nitro groups is 1. The number of unbranched alkanes of at least 4 members (excludes halogenated alkanes) is 2. The van der Waals surface area contributed by atoms with Gasteiger partial charge in [-0.15, -0.1) is 0 Å². The molecular weight excluding hydrogens is 274 g/mol. The standard InChI is InChI=1S/C11H14ClN3O4/c12-10-9(6-8(7-14-10)15(18)19)11(17)13-4-2-1-3-5-16/h6-7,16H,1-5H2,(H,13,17). The van der Waals surface area contributed by atoms with Gasteiger partial charge in [-0.3, -0.25) is 14.9 Å². The van der Waals surface area contributed by atoms with Gasteiger partial charge >= 0.3 is 0 Å². The van der Waals surface area contributed by atoms with Gasteiger partial charge in [0.15, 0.2) is 0 Å². The molecule has 0 aliphatic carbocycles. The molecule has 19 heavy (non-hydrogen) atoms. The Balaban J connectivity index is 2.61. The normalized spacial score (nSPS) is 10.2. The number of carbonyl (C=O) groups excluding carboxylic acids is 1. The van der Waals surface area contributed by atoms with Crippen LogP contribution < -0.4 is 5.32 Å². The number of aliphatic hydroxyl groups is 1. The lowest BCUT2D eigenvalue weighted by atomic mass is 10.2. The SMILES string of the molecule is O=C(NCCCCCO)c1cc([N+](=O)[O-])cnc1Cl. The molecule has 8 heteroatoms. The fourth-order valence-corrected chi connectivity index (χ4v) is 1.60. The Hall–Kier alpha value is -1.73. The third-order valence-corrected chi connectivity index (χ3v) is 2.70. The Morgan fingerprint density at radius 3 is 2.84 bits per heavy atom. The van der Waals surface area contributed by atoms with Gasteiger partial charge in [0.1, 0.15) is 11.3 Å². The molecule has 104 valence electrons. The highest BCUT2D eigenvalue weighted by molar-refractivity contribution is 6.32. The van der Waals surface area contributed by atoms with Crippen LogP contribution in [-0.4, -0.2) is 34.1 Å². The number of hydrogen-bond acceptors (Lipinski definition) is 5. The number of rotatable bonds is 7. The first-order valence-corrected chi connectivity index (χ1v) is 6.13. The fraction of sp³-hybridized carbons (Fsp3) is 0.455. The van der Waals surface area contributed by atoms with Gasteiger partial charge in [-0.1, -0.05) is 11.6 Å². The molecule has 0 radical (unpaired) electrons. The van der Waals surface area contributed by atoms with E-state index in [2.05, 4.69) is 10.3 Å². The first-order valence-electron chi connectivity index (χ1n) is 5.75. The van der Waals surface area contributed by atoms with Crippen LogP contribution in [0.5, 0.6) is 0 Å². The number of nitrogens with zero attached hydrogens (tertiary/aromatic N) is 2. The largest absolute Gasteiger partial charge is 0.396 e. The van der Waals surface area contributed by atoms with E-state index in [9.17, 15) is 14.9 Å². The second kappa shape index (κ2) is 7.65. The van der Waals surface area contributed by atoms with Gasteiger partial charge in [0.05, 0.1) is 10.5 Å². The molecule has 0 atom stereocenters. The first kappa shape index (κ1) is 15.3. The molecule has 0 aliphatic heterocycles. The van der Waals surface area contributed by atoms with Crippen LogP contribution in [-0.2, 0) is 0 Å². The molecule has 0 fully saturated rings. The van der Waals surface area contributed by atoms with E-state index >= 15 is 0 Å². The Bertz CT molecular complexity index is 467. The summed E-state index contributed by atoms with van der Waals surface area (Å²) >= 11 is 5.73. The lowest BCUT2D eigenvalue weighted by Crippen LogP contribution is -2.25. The zero-order valence-electron chi connectivity index (χ0n) is 10.1. The van der Waals surface area contributed by atoms with E-state index in [0.29, 0.717) is 19.4 Å². The maximum atomic E-state index is 11.8. The lowest BCUT2D eigenvalue weighted by Gasteiger charge is -2.05. The third kappa shape index (κ3) is 4.80. The molecule has 7 nitrogen and oxygen atoms in total. The van der Waals surface area contributed by atoms with Crippen LogP contribution in [0.3, 0.4) is 0 Å². The minimum atomic E-state index is -0.638. The van der Waals surface area contributed by atoms with Gasteiger partial charge in [0.2, 0.25) is 0 Å². The maximum absolute atomic E-state index is 11.8. The highest BCUT2D eigenvalue weighted by Gasteiger charge is 2.16. The number of aliphatic hydroxyl groups excluding tert-OH is 1. The van der Waals surface area contributed by atoms with Crippen LogP contribution in [0.15, 0.2) is 12.3 Å². The monoisotopic (exact) mass is 287 g/mol. The van der Waals surface area contributed by atoms with Crippen molar-refractivity contribution in [2.24, 2.45) is 0 Å². The predicted octanol–water partition coefficient (Wildman–Crippen LogP) is 1.54. The van der Waals surface area contributed by atoms with E-state index in [-0.39, 0.29) is 23.0 Å². The first-order chi connectivity index (χ1) is 9.06. The average molecular weight is 288 g/mol. The van der Waals surface area contributed by atoms with Gasteiger partial charge in [0, 0.05) is 19.2 Å². The molecule has 0 aromatic carbocycles. The number of pyridine rings is 1. The Labute approximate surface area is 114 Å². The van der Waals surface area contributed by atoms with E-state index in [4.69, 9.17) is 16.7 Å². The van der Waals surface area contributed by atoms with Gasteiger partial charge in [-0.2, -0.15) is 0 Å². The summed E-state index contributed by atoms with van der Waals surface area (Å²) in [6.07, 6.45) is 3.18. The van der Waals surface area contributed by atoms with Crippen molar-refractivity contribution in [1.29, 1.82) is 0 Å². The maximum Gasteiger partial charge on any atom is 0.288 e. The highest BCUT2D eigenvalue weighted by Crippen LogP contribution is 2.18. The average Bonchev–Trinajstić information content (AvgIpc) is 2.38. The van der Waals surface area contributed by atoms with E-state index in [1.54, 1.807) is 0 Å². The third-order valence-electron chi connectivity index (χ3n) is 2.40. The highest BCUT2D eigenvalue weighted by atomic mass is 35.5. The van der Waals surface area contributed by atoms with Crippen LogP contribution in [0.25, 0.3) is 0 Å². The van der Waals surface area contributed by atoms with Gasteiger partial charge in [-0.05, 0) is 19.3 Å². The fourth-order valence-electron chi connectivity index (χ4n) is 1.41. The van der Waals surface area contributed by atoms with Crippen LogP contribution in [0.4, 0.5) is 5.69 Å². The molecule has 0 bridgehead atoms. The second-order valence-corrected chi connectivity index (χ2v) is 4.19. The molecule has 0 unspecified atom stereocenters. The molecule has 0 spiro atoms. The molecule has 0 saturated carbocycles. The van der Waals surface area contributed by atoms with Crippen LogP contribution >= 0.6 is 11.6 Å². The van der Waals surface area contributed by atoms with Crippen molar-refractivity contribution >= 4 is 23.2 Å². The van der Waals surface area contributed by atoms with Gasteiger partial charge in [-0.25, -0.2) is 4.98 Å². The smallest absolute Gasteiger partial charge is 0.288 e. The minimum Gasteiger partial charge on any atom is -0.396 e. The molecule has 1 heterocycles. The number of nitrogens with one attached hydrogen (secondary N) is 1. The van der Waals surface area contributed by atoms with Gasteiger partial charge < -0.3 is 10.4 Å². The van der Waals surface area contributed by atoms with E-state index in [1.165, 1.54) is 0 Å². The molecule has 2 N–H and O–H groups in total. The zero-order chi connectivity index (χ0) is 14.3. The van der Waals surface area contributed by atoms with Crippen molar-refractivity contribution in [3.8, 4) is 0 Å². The number of carbonyl (C=O) groups is 1. The van der Waals surface area contributed by atoms with Crippen molar-refractivity contribution in [3.05, 3.63) is 33.1 Å². The van der Waals surface area contributed by atoms with Crippen LogP contribution in [0, 0.1) is 10.1 Å². The summed E-state index contributed by atoms with van der Waals surface area (Å²) in [5.41, 5.74) is -0.298. The van der Waals surface area contributed by atoms with Crippen molar-refractivity contribution in [2.45, 2.75) is 19.3 Å².